The summed E-state index contributed by atoms with van der Waals surface area (Å²) in [5.41, 5.74) is 1.97. The average Bonchev–Trinajstić information content (AvgIpc) is 3.05. The Hall–Kier alpha value is -1.53. The van der Waals surface area contributed by atoms with Crippen LogP contribution < -0.4 is 10.1 Å². The smallest absolute Gasteiger partial charge is 0.189 e. The summed E-state index contributed by atoms with van der Waals surface area (Å²) in [6.45, 7) is 1.89. The van der Waals surface area contributed by atoms with Crippen molar-refractivity contribution in [1.82, 2.24) is 5.32 Å². The Morgan fingerprint density at radius 2 is 2.32 bits per heavy atom. The van der Waals surface area contributed by atoms with E-state index in [-0.39, 0.29) is 12.8 Å². The molecule has 1 aliphatic rings. The Morgan fingerprint density at radius 3 is 3.09 bits per heavy atom. The molecule has 0 aliphatic carbocycles. The average molecular weight is 324 g/mol. The molecule has 2 heterocycles. The molecule has 0 radical (unpaired) electrons. The first-order valence-electron chi connectivity index (χ1n) is 7.05. The summed E-state index contributed by atoms with van der Waals surface area (Å²) in [7, 11) is 1.67. The van der Waals surface area contributed by atoms with Crippen LogP contribution in [-0.4, -0.2) is 20.5 Å². The van der Waals surface area contributed by atoms with Crippen molar-refractivity contribution in [2.24, 2.45) is 0 Å². The molecule has 3 rings (SSSR count). The molecule has 5 nitrogen and oxygen atoms in total. The highest BCUT2D eigenvalue weighted by molar-refractivity contribution is 6.30. The van der Waals surface area contributed by atoms with Gasteiger partial charge in [-0.3, -0.25) is 0 Å². The summed E-state index contributed by atoms with van der Waals surface area (Å²) in [4.78, 5) is 0. The predicted octanol–water partition coefficient (Wildman–Crippen LogP) is 3.28. The lowest BCUT2D eigenvalue weighted by atomic mass is 10.1. The third-order valence-electron chi connectivity index (χ3n) is 3.51. The van der Waals surface area contributed by atoms with Gasteiger partial charge >= 0.3 is 0 Å². The predicted molar refractivity (Wildman–Crippen MR) is 81.9 cm³/mol. The van der Waals surface area contributed by atoms with E-state index in [2.05, 4.69) is 5.32 Å². The molecular weight excluding hydrogens is 306 g/mol. The van der Waals surface area contributed by atoms with Gasteiger partial charge in [0.15, 0.2) is 6.79 Å². The summed E-state index contributed by atoms with van der Waals surface area (Å²) >= 11 is 6.18. The lowest BCUT2D eigenvalue weighted by Crippen LogP contribution is -2.25. The fraction of sp³-hybridized carbons (Fsp3) is 0.375. The molecule has 6 heteroatoms. The number of methoxy groups -OCH3 is 1. The van der Waals surface area contributed by atoms with Crippen molar-refractivity contribution in [2.45, 2.75) is 19.2 Å². The Kier molecular flexibility index (Phi) is 5.00. The molecule has 1 atom stereocenters. The van der Waals surface area contributed by atoms with E-state index in [0.717, 1.165) is 22.6 Å². The zero-order valence-electron chi connectivity index (χ0n) is 12.3. The molecule has 0 amide bonds. The highest BCUT2D eigenvalue weighted by atomic mass is 35.5. The highest BCUT2D eigenvalue weighted by Crippen LogP contribution is 2.32. The molecule has 1 N–H and O–H groups in total. The van der Waals surface area contributed by atoms with E-state index in [1.165, 1.54) is 0 Å². The monoisotopic (exact) mass is 323 g/mol. The zero-order valence-corrected chi connectivity index (χ0v) is 13.1. The minimum Gasteiger partial charge on any atom is -0.468 e. The Balaban J connectivity index is 1.76. The maximum atomic E-state index is 6.18. The quantitative estimate of drug-likeness (QED) is 0.884. The van der Waals surface area contributed by atoms with E-state index < -0.39 is 0 Å². The summed E-state index contributed by atoms with van der Waals surface area (Å²) < 4.78 is 21.6. The van der Waals surface area contributed by atoms with Gasteiger partial charge in [-0.05, 0) is 24.3 Å². The number of hydrogen-bond donors (Lipinski definition) is 1. The van der Waals surface area contributed by atoms with Crippen molar-refractivity contribution in [2.75, 3.05) is 20.5 Å². The van der Waals surface area contributed by atoms with Gasteiger partial charge in [0.1, 0.15) is 11.5 Å². The SMILES string of the molecule is COC[C@@H](NCc1cc(Cl)cc2c1OCOC2)c1ccco1. The highest BCUT2D eigenvalue weighted by Gasteiger charge is 2.19. The third kappa shape index (κ3) is 3.44. The van der Waals surface area contributed by atoms with Crippen LogP contribution in [0.2, 0.25) is 5.02 Å². The van der Waals surface area contributed by atoms with Crippen molar-refractivity contribution in [1.29, 1.82) is 0 Å². The normalized spacial score (nSPS) is 15.2. The van der Waals surface area contributed by atoms with E-state index in [1.54, 1.807) is 13.4 Å². The van der Waals surface area contributed by atoms with Gasteiger partial charge in [0.05, 0.1) is 25.5 Å². The Labute approximate surface area is 134 Å². The second-order valence-corrected chi connectivity index (χ2v) is 5.50. The van der Waals surface area contributed by atoms with E-state index in [9.17, 15) is 0 Å². The lowest BCUT2D eigenvalue weighted by molar-refractivity contribution is -0.0171. The zero-order chi connectivity index (χ0) is 15.4. The van der Waals surface area contributed by atoms with Crippen molar-refractivity contribution < 1.29 is 18.6 Å². The molecule has 22 heavy (non-hydrogen) atoms. The summed E-state index contributed by atoms with van der Waals surface area (Å²) in [5, 5.41) is 4.09. The first-order valence-corrected chi connectivity index (χ1v) is 7.43. The van der Waals surface area contributed by atoms with Crippen molar-refractivity contribution in [3.63, 3.8) is 0 Å². The largest absolute Gasteiger partial charge is 0.468 e. The van der Waals surface area contributed by atoms with Gasteiger partial charge in [-0.25, -0.2) is 0 Å². The lowest BCUT2D eigenvalue weighted by Gasteiger charge is -2.22. The number of rotatable bonds is 6. The van der Waals surface area contributed by atoms with Crippen molar-refractivity contribution in [3.05, 3.63) is 52.4 Å². The van der Waals surface area contributed by atoms with Crippen LogP contribution in [0.3, 0.4) is 0 Å². The van der Waals surface area contributed by atoms with E-state index in [4.69, 9.17) is 30.2 Å². The third-order valence-corrected chi connectivity index (χ3v) is 3.73. The second kappa shape index (κ2) is 7.15. The first kappa shape index (κ1) is 15.4. The number of nitrogens with one attached hydrogen (secondary N) is 1. The number of halogens is 1. The van der Waals surface area contributed by atoms with Gasteiger partial charge in [0.2, 0.25) is 0 Å². The molecule has 0 saturated heterocycles. The molecule has 1 aromatic heterocycles. The van der Waals surface area contributed by atoms with Crippen LogP contribution in [0.4, 0.5) is 0 Å². The molecule has 0 unspecified atom stereocenters. The minimum atomic E-state index is -0.0329. The summed E-state index contributed by atoms with van der Waals surface area (Å²) in [6.07, 6.45) is 1.65. The summed E-state index contributed by atoms with van der Waals surface area (Å²) in [5.74, 6) is 1.68. The Morgan fingerprint density at radius 1 is 1.41 bits per heavy atom. The molecular formula is C16H18ClNO4. The van der Waals surface area contributed by atoms with Crippen LogP contribution in [0, 0.1) is 0 Å². The molecule has 1 aliphatic heterocycles. The maximum Gasteiger partial charge on any atom is 0.189 e. The van der Waals surface area contributed by atoms with Gasteiger partial charge in [0.25, 0.3) is 0 Å². The van der Waals surface area contributed by atoms with Gasteiger partial charge in [-0.15, -0.1) is 0 Å². The maximum absolute atomic E-state index is 6.18. The molecule has 0 fully saturated rings. The van der Waals surface area contributed by atoms with Crippen LogP contribution in [-0.2, 0) is 22.6 Å². The van der Waals surface area contributed by atoms with Crippen molar-refractivity contribution in [3.8, 4) is 5.75 Å². The Bertz CT molecular complexity index is 615. The van der Waals surface area contributed by atoms with Crippen LogP contribution in [0.5, 0.6) is 5.75 Å². The van der Waals surface area contributed by atoms with Crippen LogP contribution in [0.25, 0.3) is 0 Å². The van der Waals surface area contributed by atoms with Crippen LogP contribution in [0.1, 0.15) is 22.9 Å². The number of hydrogen-bond acceptors (Lipinski definition) is 5. The van der Waals surface area contributed by atoms with Gasteiger partial charge in [0, 0.05) is 29.8 Å². The number of furan rings is 1. The first-order chi connectivity index (χ1) is 10.8. The van der Waals surface area contributed by atoms with Gasteiger partial charge in [-0.2, -0.15) is 0 Å². The number of fused-ring (bicyclic) bond motifs is 1. The fourth-order valence-electron chi connectivity index (χ4n) is 2.52. The molecule has 0 bridgehead atoms. The van der Waals surface area contributed by atoms with Crippen molar-refractivity contribution >= 4 is 11.6 Å². The van der Waals surface area contributed by atoms with Gasteiger partial charge in [-0.1, -0.05) is 11.6 Å². The fourth-order valence-corrected chi connectivity index (χ4v) is 2.78. The molecule has 1 aromatic carbocycles. The van der Waals surface area contributed by atoms with E-state index >= 15 is 0 Å². The number of benzene rings is 1. The van der Waals surface area contributed by atoms with E-state index in [0.29, 0.717) is 24.8 Å². The van der Waals surface area contributed by atoms with Gasteiger partial charge < -0.3 is 23.9 Å². The standard InChI is InChI=1S/C16H18ClNO4/c1-19-9-14(15-3-2-4-21-15)18-7-11-5-13(17)6-12-8-20-10-22-16(11)12/h2-6,14,18H,7-10H2,1H3/t14-/m1/s1. The van der Waals surface area contributed by atoms with E-state index in [1.807, 2.05) is 24.3 Å². The number of ether oxygens (including phenoxy) is 3. The molecule has 0 saturated carbocycles. The molecule has 0 spiro atoms. The molecule has 2 aromatic rings. The van der Waals surface area contributed by atoms with Crippen LogP contribution >= 0.6 is 11.6 Å². The second-order valence-electron chi connectivity index (χ2n) is 5.07. The topological polar surface area (TPSA) is 52.9 Å². The molecule has 118 valence electrons. The minimum absolute atomic E-state index is 0.0329. The van der Waals surface area contributed by atoms with Crippen LogP contribution in [0.15, 0.2) is 34.9 Å². The summed E-state index contributed by atoms with van der Waals surface area (Å²) in [6, 6.07) is 7.54.